The standard InChI is InChI=1S/C22H24BrNO7/c1-22(2,3)31-20(27)24-18(19(25)26)12-14-8-10-16(11-9-14)30-21(28)29-13-15-6-4-5-7-17(15)23/h4-11,18H,12-13H2,1-3H3,(H,24,27)(H,25,26)/t18-/m0/s1. The van der Waals surface area contributed by atoms with Gasteiger partial charge in [0.15, 0.2) is 0 Å². The van der Waals surface area contributed by atoms with Gasteiger partial charge in [-0.3, -0.25) is 0 Å². The van der Waals surface area contributed by atoms with E-state index >= 15 is 0 Å². The first kappa shape index (κ1) is 24.2. The van der Waals surface area contributed by atoms with Gasteiger partial charge in [-0.15, -0.1) is 0 Å². The highest BCUT2D eigenvalue weighted by Crippen LogP contribution is 2.18. The highest BCUT2D eigenvalue weighted by atomic mass is 79.9. The van der Waals surface area contributed by atoms with E-state index in [1.807, 2.05) is 24.3 Å². The Labute approximate surface area is 188 Å². The predicted molar refractivity (Wildman–Crippen MR) is 116 cm³/mol. The summed E-state index contributed by atoms with van der Waals surface area (Å²) in [5.41, 5.74) is 0.682. The van der Waals surface area contributed by atoms with E-state index in [1.54, 1.807) is 32.9 Å². The summed E-state index contributed by atoms with van der Waals surface area (Å²) < 4.78 is 16.1. The Balaban J connectivity index is 1.89. The number of carboxylic acid groups (broad SMARTS) is 1. The fraction of sp³-hybridized carbons (Fsp3) is 0.318. The molecule has 31 heavy (non-hydrogen) atoms. The van der Waals surface area contributed by atoms with Crippen molar-refractivity contribution in [1.82, 2.24) is 5.32 Å². The summed E-state index contributed by atoms with van der Waals surface area (Å²) in [5, 5.41) is 11.7. The van der Waals surface area contributed by atoms with Gasteiger partial charge in [0.25, 0.3) is 0 Å². The molecule has 1 amide bonds. The molecule has 8 nitrogen and oxygen atoms in total. The second-order valence-corrected chi connectivity index (χ2v) is 8.47. The number of aliphatic carboxylic acids is 1. The first-order valence-electron chi connectivity index (χ1n) is 9.43. The van der Waals surface area contributed by atoms with Gasteiger partial charge < -0.3 is 24.6 Å². The monoisotopic (exact) mass is 493 g/mol. The lowest BCUT2D eigenvalue weighted by Gasteiger charge is -2.22. The number of ether oxygens (including phenoxy) is 3. The van der Waals surface area contributed by atoms with E-state index < -0.39 is 29.9 Å². The lowest BCUT2D eigenvalue weighted by Crippen LogP contribution is -2.44. The van der Waals surface area contributed by atoms with Crippen LogP contribution in [0, 0.1) is 0 Å². The van der Waals surface area contributed by atoms with E-state index in [2.05, 4.69) is 21.2 Å². The molecule has 2 aromatic rings. The first-order valence-corrected chi connectivity index (χ1v) is 10.2. The Morgan fingerprint density at radius 3 is 2.29 bits per heavy atom. The van der Waals surface area contributed by atoms with Crippen LogP contribution in [0.5, 0.6) is 5.75 Å². The molecule has 2 rings (SSSR count). The van der Waals surface area contributed by atoms with Crippen molar-refractivity contribution >= 4 is 34.1 Å². The minimum atomic E-state index is -1.19. The number of carboxylic acids is 1. The van der Waals surface area contributed by atoms with Gasteiger partial charge in [-0.2, -0.15) is 0 Å². The SMILES string of the molecule is CC(C)(C)OC(=O)N[C@@H](Cc1ccc(OC(=O)OCc2ccccc2Br)cc1)C(=O)O. The summed E-state index contributed by atoms with van der Waals surface area (Å²) in [5.74, 6) is -0.949. The lowest BCUT2D eigenvalue weighted by molar-refractivity contribution is -0.139. The van der Waals surface area contributed by atoms with Crippen molar-refractivity contribution in [3.8, 4) is 5.75 Å². The number of halogens is 1. The molecular weight excluding hydrogens is 470 g/mol. The van der Waals surface area contributed by atoms with Crippen molar-refractivity contribution in [2.45, 2.75) is 45.4 Å². The van der Waals surface area contributed by atoms with Crippen molar-refractivity contribution in [1.29, 1.82) is 0 Å². The van der Waals surface area contributed by atoms with Crippen LogP contribution in [0.2, 0.25) is 0 Å². The number of benzene rings is 2. The van der Waals surface area contributed by atoms with Gasteiger partial charge in [-0.05, 0) is 44.5 Å². The highest BCUT2D eigenvalue weighted by Gasteiger charge is 2.24. The van der Waals surface area contributed by atoms with E-state index in [9.17, 15) is 19.5 Å². The van der Waals surface area contributed by atoms with E-state index in [4.69, 9.17) is 14.2 Å². The maximum Gasteiger partial charge on any atom is 0.514 e. The van der Waals surface area contributed by atoms with Gasteiger partial charge in [0.05, 0.1) is 0 Å². The number of hydrogen-bond donors (Lipinski definition) is 2. The second-order valence-electron chi connectivity index (χ2n) is 7.62. The quantitative estimate of drug-likeness (QED) is 0.425. The summed E-state index contributed by atoms with van der Waals surface area (Å²) >= 11 is 3.37. The molecule has 0 heterocycles. The third kappa shape index (κ3) is 8.67. The number of carbonyl (C=O) groups excluding carboxylic acids is 2. The van der Waals surface area contributed by atoms with Crippen LogP contribution in [0.1, 0.15) is 31.9 Å². The summed E-state index contributed by atoms with van der Waals surface area (Å²) in [6.07, 6.45) is -1.65. The minimum absolute atomic E-state index is 0.0291. The normalized spacial score (nSPS) is 11.9. The molecule has 0 bridgehead atoms. The van der Waals surface area contributed by atoms with Crippen LogP contribution in [-0.4, -0.2) is 35.0 Å². The summed E-state index contributed by atoms with van der Waals surface area (Å²) in [7, 11) is 0. The molecule has 0 radical (unpaired) electrons. The molecule has 0 fully saturated rings. The first-order chi connectivity index (χ1) is 14.5. The van der Waals surface area contributed by atoms with Gasteiger partial charge in [-0.25, -0.2) is 14.4 Å². The molecule has 0 saturated carbocycles. The van der Waals surface area contributed by atoms with E-state index in [-0.39, 0.29) is 18.8 Å². The third-order valence-corrected chi connectivity index (χ3v) is 4.63. The fourth-order valence-electron chi connectivity index (χ4n) is 2.46. The zero-order chi connectivity index (χ0) is 23.0. The molecule has 2 N–H and O–H groups in total. The molecule has 0 aliphatic carbocycles. The van der Waals surface area contributed by atoms with Crippen LogP contribution in [0.3, 0.4) is 0 Å². The average Bonchev–Trinajstić information content (AvgIpc) is 2.67. The van der Waals surface area contributed by atoms with Crippen LogP contribution in [0.4, 0.5) is 9.59 Å². The van der Waals surface area contributed by atoms with Crippen molar-refractivity contribution in [3.63, 3.8) is 0 Å². The van der Waals surface area contributed by atoms with Crippen LogP contribution in [0.25, 0.3) is 0 Å². The number of nitrogens with one attached hydrogen (secondary N) is 1. The number of alkyl carbamates (subject to hydrolysis) is 1. The zero-order valence-corrected chi connectivity index (χ0v) is 19.0. The summed E-state index contributed by atoms with van der Waals surface area (Å²) in [6, 6.07) is 12.4. The molecular formula is C22H24BrNO7. The number of carbonyl (C=O) groups is 3. The highest BCUT2D eigenvalue weighted by molar-refractivity contribution is 9.10. The van der Waals surface area contributed by atoms with E-state index in [0.29, 0.717) is 5.56 Å². The number of rotatable bonds is 7. The van der Waals surface area contributed by atoms with E-state index in [0.717, 1.165) is 10.0 Å². The van der Waals surface area contributed by atoms with Crippen molar-refractivity contribution in [2.24, 2.45) is 0 Å². The summed E-state index contributed by atoms with van der Waals surface area (Å²) in [4.78, 5) is 35.2. The maximum absolute atomic E-state index is 11.9. The smallest absolute Gasteiger partial charge is 0.480 e. The molecule has 9 heteroatoms. The average molecular weight is 494 g/mol. The van der Waals surface area contributed by atoms with Crippen LogP contribution >= 0.6 is 15.9 Å². The van der Waals surface area contributed by atoms with Crippen molar-refractivity contribution in [2.75, 3.05) is 0 Å². The lowest BCUT2D eigenvalue weighted by atomic mass is 10.1. The molecule has 2 aromatic carbocycles. The zero-order valence-electron chi connectivity index (χ0n) is 17.4. The molecule has 0 spiro atoms. The maximum atomic E-state index is 11.9. The fourth-order valence-corrected chi connectivity index (χ4v) is 2.86. The number of hydrogen-bond acceptors (Lipinski definition) is 6. The molecule has 0 aliphatic heterocycles. The molecule has 0 aromatic heterocycles. The van der Waals surface area contributed by atoms with E-state index in [1.165, 1.54) is 12.1 Å². The third-order valence-electron chi connectivity index (χ3n) is 3.86. The molecule has 0 saturated heterocycles. The largest absolute Gasteiger partial charge is 0.514 e. The van der Waals surface area contributed by atoms with Crippen molar-refractivity contribution < 1.29 is 33.7 Å². The van der Waals surface area contributed by atoms with Gasteiger partial charge in [0.1, 0.15) is 24.0 Å². The van der Waals surface area contributed by atoms with Crippen molar-refractivity contribution in [3.05, 3.63) is 64.1 Å². The summed E-state index contributed by atoms with van der Waals surface area (Å²) in [6.45, 7) is 5.11. The van der Waals surface area contributed by atoms with Crippen LogP contribution in [0.15, 0.2) is 53.0 Å². The number of amides is 1. The van der Waals surface area contributed by atoms with Crippen LogP contribution < -0.4 is 10.1 Å². The molecule has 166 valence electrons. The van der Waals surface area contributed by atoms with Gasteiger partial charge in [0.2, 0.25) is 0 Å². The molecule has 0 unspecified atom stereocenters. The Hall–Kier alpha value is -3.07. The van der Waals surface area contributed by atoms with Gasteiger partial charge >= 0.3 is 18.2 Å². The Bertz CT molecular complexity index is 922. The minimum Gasteiger partial charge on any atom is -0.480 e. The Kier molecular flexibility index (Phi) is 8.44. The Morgan fingerprint density at radius 1 is 1.06 bits per heavy atom. The Morgan fingerprint density at radius 2 is 1.71 bits per heavy atom. The van der Waals surface area contributed by atoms with Crippen LogP contribution in [-0.2, 0) is 27.3 Å². The predicted octanol–water partition coefficient (Wildman–Crippen LogP) is 4.69. The second kappa shape index (κ2) is 10.8. The van der Waals surface area contributed by atoms with Gasteiger partial charge in [0, 0.05) is 16.5 Å². The molecule has 1 atom stereocenters. The molecule has 0 aliphatic rings. The van der Waals surface area contributed by atoms with Gasteiger partial charge in [-0.1, -0.05) is 46.3 Å². The topological polar surface area (TPSA) is 111 Å².